The van der Waals surface area contributed by atoms with Crippen molar-refractivity contribution in [2.75, 3.05) is 13.7 Å². The lowest BCUT2D eigenvalue weighted by atomic mass is 10.0. The van der Waals surface area contributed by atoms with Gasteiger partial charge in [-0.3, -0.25) is 4.79 Å². The fraction of sp³-hybridized carbons (Fsp3) is 0.462. The fourth-order valence-electron chi connectivity index (χ4n) is 1.62. The monoisotopic (exact) mass is 239 g/mol. The van der Waals surface area contributed by atoms with Crippen molar-refractivity contribution in [2.24, 2.45) is 0 Å². The van der Waals surface area contributed by atoms with Crippen LogP contribution in [-0.4, -0.2) is 19.6 Å². The molecule has 0 aromatic heterocycles. The van der Waals surface area contributed by atoms with Gasteiger partial charge in [-0.15, -0.1) is 0 Å². The maximum Gasteiger partial charge on any atom is 0.307 e. The molecule has 0 spiro atoms. The molecule has 0 radical (unpaired) electrons. The summed E-state index contributed by atoms with van der Waals surface area (Å²) in [5.74, 6) is -0.646. The maximum atomic E-state index is 13.6. The van der Waals surface area contributed by atoms with Crippen LogP contribution < -0.4 is 5.32 Å². The van der Waals surface area contributed by atoms with Gasteiger partial charge in [-0.1, -0.05) is 25.1 Å². The number of benzene rings is 1. The minimum absolute atomic E-state index is 0.136. The van der Waals surface area contributed by atoms with Crippen molar-refractivity contribution >= 4 is 5.97 Å². The van der Waals surface area contributed by atoms with Crippen LogP contribution in [0.2, 0.25) is 0 Å². The van der Waals surface area contributed by atoms with E-state index in [0.717, 1.165) is 13.0 Å². The minimum atomic E-state index is -0.346. The Hall–Kier alpha value is -1.42. The molecule has 17 heavy (non-hydrogen) atoms. The Bertz CT molecular complexity index is 368. The van der Waals surface area contributed by atoms with Crippen molar-refractivity contribution < 1.29 is 13.9 Å². The molecule has 0 aliphatic carbocycles. The second-order valence-corrected chi connectivity index (χ2v) is 3.81. The van der Waals surface area contributed by atoms with E-state index in [0.29, 0.717) is 5.56 Å². The van der Waals surface area contributed by atoms with Crippen molar-refractivity contribution in [3.05, 3.63) is 35.6 Å². The van der Waals surface area contributed by atoms with E-state index in [1.165, 1.54) is 13.2 Å². The van der Waals surface area contributed by atoms with E-state index in [1.807, 2.05) is 6.92 Å². The number of halogens is 1. The van der Waals surface area contributed by atoms with Crippen molar-refractivity contribution in [2.45, 2.75) is 25.8 Å². The first-order valence-corrected chi connectivity index (χ1v) is 5.73. The molecule has 1 rings (SSSR count). The van der Waals surface area contributed by atoms with Gasteiger partial charge in [0, 0.05) is 11.6 Å². The summed E-state index contributed by atoms with van der Waals surface area (Å²) in [5.41, 5.74) is 0.506. The summed E-state index contributed by atoms with van der Waals surface area (Å²) in [6.07, 6.45) is 1.06. The maximum absolute atomic E-state index is 13.6. The summed E-state index contributed by atoms with van der Waals surface area (Å²) in [7, 11) is 1.33. The van der Waals surface area contributed by atoms with Gasteiger partial charge >= 0.3 is 5.97 Å². The van der Waals surface area contributed by atoms with Crippen LogP contribution in [0.4, 0.5) is 4.39 Å². The lowest BCUT2D eigenvalue weighted by molar-refractivity contribution is -0.141. The molecule has 0 saturated carbocycles. The molecule has 1 unspecified atom stereocenters. The fourth-order valence-corrected chi connectivity index (χ4v) is 1.62. The summed E-state index contributed by atoms with van der Waals surface area (Å²) < 4.78 is 18.2. The summed E-state index contributed by atoms with van der Waals surface area (Å²) in [5, 5.41) is 3.15. The molecule has 4 heteroatoms. The molecule has 1 aromatic carbocycles. The molecular weight excluding hydrogens is 221 g/mol. The average Bonchev–Trinajstić information content (AvgIpc) is 2.35. The normalized spacial score (nSPS) is 12.2. The Morgan fingerprint density at radius 3 is 2.76 bits per heavy atom. The van der Waals surface area contributed by atoms with Gasteiger partial charge in [0.1, 0.15) is 5.82 Å². The summed E-state index contributed by atoms with van der Waals surface area (Å²) in [6, 6.07) is 6.15. The van der Waals surface area contributed by atoms with Gasteiger partial charge in [0.05, 0.1) is 13.5 Å². The van der Waals surface area contributed by atoms with Gasteiger partial charge in [-0.25, -0.2) is 4.39 Å². The topological polar surface area (TPSA) is 38.3 Å². The number of hydrogen-bond donors (Lipinski definition) is 1. The molecule has 0 bridgehead atoms. The van der Waals surface area contributed by atoms with Crippen LogP contribution >= 0.6 is 0 Å². The molecule has 0 amide bonds. The van der Waals surface area contributed by atoms with Gasteiger partial charge in [0.15, 0.2) is 0 Å². The van der Waals surface area contributed by atoms with Gasteiger partial charge < -0.3 is 10.1 Å². The molecule has 0 aliphatic rings. The number of ether oxygens (including phenoxy) is 1. The number of rotatable bonds is 6. The molecule has 1 aromatic rings. The lowest BCUT2D eigenvalue weighted by Gasteiger charge is -2.18. The van der Waals surface area contributed by atoms with E-state index in [4.69, 9.17) is 0 Å². The molecule has 0 aliphatic heterocycles. The highest BCUT2D eigenvalue weighted by molar-refractivity contribution is 5.70. The third-order valence-electron chi connectivity index (χ3n) is 2.52. The number of carbonyl (C=O) groups excluding carboxylic acids is 1. The number of esters is 1. The Morgan fingerprint density at radius 1 is 1.47 bits per heavy atom. The minimum Gasteiger partial charge on any atom is -0.469 e. The zero-order chi connectivity index (χ0) is 12.7. The van der Waals surface area contributed by atoms with E-state index in [-0.39, 0.29) is 24.2 Å². The summed E-state index contributed by atoms with van der Waals surface area (Å²) in [4.78, 5) is 11.3. The second kappa shape index (κ2) is 7.01. The summed E-state index contributed by atoms with van der Waals surface area (Å²) >= 11 is 0. The summed E-state index contributed by atoms with van der Waals surface area (Å²) in [6.45, 7) is 2.75. The SMILES string of the molecule is CCCNC(CC(=O)OC)c1ccccc1F. The second-order valence-electron chi connectivity index (χ2n) is 3.81. The first-order chi connectivity index (χ1) is 8.19. The Balaban J connectivity index is 2.81. The Labute approximate surface area is 101 Å². The van der Waals surface area contributed by atoms with Crippen molar-refractivity contribution in [1.29, 1.82) is 0 Å². The zero-order valence-corrected chi connectivity index (χ0v) is 10.2. The molecule has 0 heterocycles. The van der Waals surface area contributed by atoms with Crippen LogP contribution in [0.25, 0.3) is 0 Å². The Morgan fingerprint density at radius 2 is 2.18 bits per heavy atom. The van der Waals surface area contributed by atoms with Crippen molar-refractivity contribution in [3.63, 3.8) is 0 Å². The zero-order valence-electron chi connectivity index (χ0n) is 10.2. The highest BCUT2D eigenvalue weighted by Crippen LogP contribution is 2.20. The van der Waals surface area contributed by atoms with Crippen molar-refractivity contribution in [3.8, 4) is 0 Å². The predicted molar refractivity (Wildman–Crippen MR) is 64.1 cm³/mol. The van der Waals surface area contributed by atoms with Gasteiger partial charge in [0.25, 0.3) is 0 Å². The standard InChI is InChI=1S/C13H18FNO2/c1-3-8-15-12(9-13(16)17-2)10-6-4-5-7-11(10)14/h4-7,12,15H,3,8-9H2,1-2H3. The van der Waals surface area contributed by atoms with Gasteiger partial charge in [0.2, 0.25) is 0 Å². The number of carbonyl (C=O) groups is 1. The average molecular weight is 239 g/mol. The number of nitrogens with one attached hydrogen (secondary N) is 1. The molecule has 0 saturated heterocycles. The van der Waals surface area contributed by atoms with Crippen LogP contribution in [0.15, 0.2) is 24.3 Å². The van der Waals surface area contributed by atoms with E-state index in [1.54, 1.807) is 18.2 Å². The van der Waals surface area contributed by atoms with Gasteiger partial charge in [-0.2, -0.15) is 0 Å². The third kappa shape index (κ3) is 4.15. The highest BCUT2D eigenvalue weighted by atomic mass is 19.1. The van der Waals surface area contributed by atoms with Crippen LogP contribution in [-0.2, 0) is 9.53 Å². The van der Waals surface area contributed by atoms with E-state index in [2.05, 4.69) is 10.1 Å². The van der Waals surface area contributed by atoms with Crippen LogP contribution in [0, 0.1) is 5.82 Å². The van der Waals surface area contributed by atoms with Crippen LogP contribution in [0.3, 0.4) is 0 Å². The van der Waals surface area contributed by atoms with E-state index >= 15 is 0 Å². The molecule has 3 nitrogen and oxygen atoms in total. The first-order valence-electron chi connectivity index (χ1n) is 5.73. The largest absolute Gasteiger partial charge is 0.469 e. The first kappa shape index (κ1) is 13.6. The van der Waals surface area contributed by atoms with E-state index < -0.39 is 0 Å². The highest BCUT2D eigenvalue weighted by Gasteiger charge is 2.18. The predicted octanol–water partition coefficient (Wildman–Crippen LogP) is 2.43. The Kier molecular flexibility index (Phi) is 5.63. The molecule has 1 N–H and O–H groups in total. The van der Waals surface area contributed by atoms with Crippen LogP contribution in [0.5, 0.6) is 0 Å². The quantitative estimate of drug-likeness (QED) is 0.775. The lowest BCUT2D eigenvalue weighted by Crippen LogP contribution is -2.26. The van der Waals surface area contributed by atoms with Crippen molar-refractivity contribution in [1.82, 2.24) is 5.32 Å². The number of hydrogen-bond acceptors (Lipinski definition) is 3. The van der Waals surface area contributed by atoms with Gasteiger partial charge in [-0.05, 0) is 19.0 Å². The molecule has 1 atom stereocenters. The smallest absolute Gasteiger partial charge is 0.307 e. The molecule has 0 fully saturated rings. The number of methoxy groups -OCH3 is 1. The van der Waals surface area contributed by atoms with E-state index in [9.17, 15) is 9.18 Å². The molecule has 94 valence electrons. The van der Waals surface area contributed by atoms with Crippen LogP contribution in [0.1, 0.15) is 31.4 Å². The molecular formula is C13H18FNO2. The third-order valence-corrected chi connectivity index (χ3v) is 2.52.